The van der Waals surface area contributed by atoms with Crippen LogP contribution >= 0.6 is 11.6 Å². The Bertz CT molecular complexity index is 1340. The molecule has 3 fully saturated rings. The predicted octanol–water partition coefficient (Wildman–Crippen LogP) is 4.74. The molecular formula is C26H27ClN8. The highest BCUT2D eigenvalue weighted by atomic mass is 35.5. The molecule has 3 aliphatic rings. The first-order chi connectivity index (χ1) is 17.0. The van der Waals surface area contributed by atoms with Gasteiger partial charge in [-0.05, 0) is 50.1 Å². The van der Waals surface area contributed by atoms with Crippen LogP contribution < -0.4 is 10.2 Å². The maximum atomic E-state index is 6.17. The van der Waals surface area contributed by atoms with E-state index in [1.54, 1.807) is 0 Å². The van der Waals surface area contributed by atoms with Crippen molar-refractivity contribution >= 4 is 29.1 Å². The summed E-state index contributed by atoms with van der Waals surface area (Å²) in [6.45, 7) is 6.85. The summed E-state index contributed by atoms with van der Waals surface area (Å²) in [5, 5.41) is 11.2. The van der Waals surface area contributed by atoms with Gasteiger partial charge in [0, 0.05) is 72.0 Å². The van der Waals surface area contributed by atoms with Gasteiger partial charge in [-0.25, -0.2) is 15.0 Å². The van der Waals surface area contributed by atoms with Crippen LogP contribution in [0, 0.1) is 13.8 Å². The van der Waals surface area contributed by atoms with Gasteiger partial charge in [0.05, 0.1) is 0 Å². The van der Waals surface area contributed by atoms with Crippen molar-refractivity contribution < 1.29 is 0 Å². The summed E-state index contributed by atoms with van der Waals surface area (Å²) in [6, 6.07) is 17.3. The average Bonchev–Trinajstić information content (AvgIpc) is 3.26. The zero-order valence-corrected chi connectivity index (χ0v) is 20.5. The van der Waals surface area contributed by atoms with E-state index in [9.17, 15) is 0 Å². The van der Waals surface area contributed by atoms with E-state index in [1.807, 2.05) is 44.3 Å². The number of piperazine rings is 1. The quantitative estimate of drug-likeness (QED) is 0.407. The minimum absolute atomic E-state index is 0.550. The fourth-order valence-corrected chi connectivity index (χ4v) is 5.27. The van der Waals surface area contributed by atoms with Gasteiger partial charge < -0.3 is 10.2 Å². The summed E-state index contributed by atoms with van der Waals surface area (Å²) in [5.41, 5.74) is 4.03. The topological polar surface area (TPSA) is 85.9 Å². The molecule has 0 aliphatic carbocycles. The Hall–Kier alpha value is -3.49. The van der Waals surface area contributed by atoms with Crippen LogP contribution in [0.25, 0.3) is 11.4 Å². The molecule has 2 unspecified atom stereocenters. The summed E-state index contributed by atoms with van der Waals surface area (Å²) in [5.74, 6) is 3.09. The standard InChI is InChI=1S/C26H27ClN8/c1-16-8-23(30-24-9-17(2)32-33-24)31-26(29-16)19-6-7-25(28-12-19)34-14-21-11-22(15-34)35(21)13-18-4-3-5-20(27)10-18/h3-10,12,21-22H,11,13-15H2,1-2H3,(H2,29,30,31,32,33). The molecule has 1 aromatic carbocycles. The SMILES string of the molecule is Cc1cc(Nc2cc(C)[nH]n2)nc(-c2ccc(N3CC4CC(C3)N4Cc3cccc(Cl)c3)nc2)n1. The van der Waals surface area contributed by atoms with E-state index in [0.717, 1.165) is 53.2 Å². The predicted molar refractivity (Wildman–Crippen MR) is 138 cm³/mol. The fourth-order valence-electron chi connectivity index (χ4n) is 5.06. The van der Waals surface area contributed by atoms with E-state index >= 15 is 0 Å². The first-order valence-corrected chi connectivity index (χ1v) is 12.2. The molecule has 6 heterocycles. The van der Waals surface area contributed by atoms with Gasteiger partial charge in [0.2, 0.25) is 0 Å². The first-order valence-electron chi connectivity index (χ1n) is 11.9. The van der Waals surface area contributed by atoms with Crippen LogP contribution in [0.15, 0.2) is 54.7 Å². The lowest BCUT2D eigenvalue weighted by atomic mass is 9.86. The Morgan fingerprint density at radius 2 is 1.89 bits per heavy atom. The normalized spacial score (nSPS) is 19.5. The number of anilines is 3. The van der Waals surface area contributed by atoms with Gasteiger partial charge in [0.1, 0.15) is 11.6 Å². The number of halogens is 1. The van der Waals surface area contributed by atoms with Crippen LogP contribution in [0.1, 0.15) is 23.4 Å². The van der Waals surface area contributed by atoms with E-state index in [-0.39, 0.29) is 0 Å². The summed E-state index contributed by atoms with van der Waals surface area (Å²) in [7, 11) is 0. The second-order valence-electron chi connectivity index (χ2n) is 9.44. The lowest BCUT2D eigenvalue weighted by Gasteiger charge is -2.56. The summed E-state index contributed by atoms with van der Waals surface area (Å²) in [4.78, 5) is 19.1. The summed E-state index contributed by atoms with van der Waals surface area (Å²) >= 11 is 6.17. The molecule has 8 nitrogen and oxygen atoms in total. The second-order valence-corrected chi connectivity index (χ2v) is 9.87. The van der Waals surface area contributed by atoms with E-state index in [4.69, 9.17) is 16.6 Å². The maximum Gasteiger partial charge on any atom is 0.163 e. The monoisotopic (exact) mass is 486 g/mol. The lowest BCUT2D eigenvalue weighted by Crippen LogP contribution is -2.68. The van der Waals surface area contributed by atoms with Crippen LogP contribution in [-0.4, -0.2) is 55.2 Å². The van der Waals surface area contributed by atoms with Crippen LogP contribution in [0.5, 0.6) is 0 Å². The van der Waals surface area contributed by atoms with Crippen molar-refractivity contribution in [1.29, 1.82) is 0 Å². The number of hydrogen-bond acceptors (Lipinski definition) is 7. The highest BCUT2D eigenvalue weighted by Crippen LogP contribution is 2.36. The number of nitrogens with one attached hydrogen (secondary N) is 2. The number of aromatic amines is 1. The summed E-state index contributed by atoms with van der Waals surface area (Å²) < 4.78 is 0. The minimum atomic E-state index is 0.550. The molecule has 2 bridgehead atoms. The Morgan fingerprint density at radius 3 is 2.60 bits per heavy atom. The van der Waals surface area contributed by atoms with Crippen molar-refractivity contribution in [3.8, 4) is 11.4 Å². The Balaban J connectivity index is 1.13. The molecule has 0 saturated carbocycles. The van der Waals surface area contributed by atoms with Gasteiger partial charge in [-0.15, -0.1) is 0 Å². The Labute approximate surface area is 209 Å². The maximum absolute atomic E-state index is 6.17. The third-order valence-corrected chi connectivity index (χ3v) is 6.98. The minimum Gasteiger partial charge on any atom is -0.353 e. The third-order valence-electron chi connectivity index (χ3n) is 6.74. The molecule has 9 heteroatoms. The highest BCUT2D eigenvalue weighted by molar-refractivity contribution is 6.30. The van der Waals surface area contributed by atoms with Gasteiger partial charge in [-0.3, -0.25) is 10.00 Å². The largest absolute Gasteiger partial charge is 0.353 e. The third kappa shape index (κ3) is 4.59. The molecule has 3 aromatic heterocycles. The molecular weight excluding hydrogens is 460 g/mol. The Morgan fingerprint density at radius 1 is 1.03 bits per heavy atom. The van der Waals surface area contributed by atoms with Gasteiger partial charge in [0.25, 0.3) is 0 Å². The molecule has 0 radical (unpaired) electrons. The molecule has 7 rings (SSSR count). The number of rotatable bonds is 6. The number of aryl methyl sites for hydroxylation is 2. The number of pyridine rings is 1. The smallest absolute Gasteiger partial charge is 0.163 e. The molecule has 0 amide bonds. The molecule has 3 saturated heterocycles. The van der Waals surface area contributed by atoms with E-state index in [0.29, 0.717) is 23.7 Å². The van der Waals surface area contributed by atoms with Gasteiger partial charge in [0.15, 0.2) is 11.6 Å². The van der Waals surface area contributed by atoms with Crippen LogP contribution in [0.4, 0.5) is 17.5 Å². The number of nitrogens with zero attached hydrogens (tertiary/aromatic N) is 6. The van der Waals surface area contributed by atoms with Crippen molar-refractivity contribution in [2.75, 3.05) is 23.3 Å². The van der Waals surface area contributed by atoms with Gasteiger partial charge >= 0.3 is 0 Å². The van der Waals surface area contributed by atoms with E-state index < -0.39 is 0 Å². The zero-order valence-electron chi connectivity index (χ0n) is 19.7. The zero-order chi connectivity index (χ0) is 23.9. The first kappa shape index (κ1) is 22.0. The average molecular weight is 487 g/mol. The van der Waals surface area contributed by atoms with Crippen LogP contribution in [0.3, 0.4) is 0 Å². The van der Waals surface area contributed by atoms with Crippen molar-refractivity contribution in [2.24, 2.45) is 0 Å². The van der Waals surface area contributed by atoms with Crippen molar-refractivity contribution in [3.05, 3.63) is 76.7 Å². The van der Waals surface area contributed by atoms with E-state index in [2.05, 4.69) is 59.5 Å². The highest BCUT2D eigenvalue weighted by Gasteiger charge is 2.44. The van der Waals surface area contributed by atoms with Crippen molar-refractivity contribution in [3.63, 3.8) is 0 Å². The molecule has 2 atom stereocenters. The van der Waals surface area contributed by atoms with Crippen LogP contribution in [0.2, 0.25) is 5.02 Å². The summed E-state index contributed by atoms with van der Waals surface area (Å²) in [6.07, 6.45) is 3.12. The van der Waals surface area contributed by atoms with Crippen molar-refractivity contribution in [2.45, 2.75) is 38.9 Å². The number of aromatic nitrogens is 5. The van der Waals surface area contributed by atoms with E-state index in [1.165, 1.54) is 12.0 Å². The molecule has 4 aromatic rings. The molecule has 3 aliphatic heterocycles. The molecule has 2 N–H and O–H groups in total. The molecule has 0 spiro atoms. The fraction of sp³-hybridized carbons (Fsp3) is 0.308. The van der Waals surface area contributed by atoms with Crippen LogP contribution in [-0.2, 0) is 6.54 Å². The number of benzene rings is 1. The number of piperidine rings is 1. The van der Waals surface area contributed by atoms with Gasteiger partial charge in [-0.1, -0.05) is 23.7 Å². The number of H-pyrrole nitrogens is 1. The van der Waals surface area contributed by atoms with Crippen molar-refractivity contribution in [1.82, 2.24) is 30.0 Å². The number of fused-ring (bicyclic) bond motifs is 2. The second kappa shape index (κ2) is 8.94. The van der Waals surface area contributed by atoms with Gasteiger partial charge in [-0.2, -0.15) is 5.10 Å². The molecule has 178 valence electrons. The lowest BCUT2D eigenvalue weighted by molar-refractivity contribution is -0.00867. The number of hydrogen-bond donors (Lipinski definition) is 2. The molecule has 35 heavy (non-hydrogen) atoms. The Kier molecular flexibility index (Phi) is 5.62.